The van der Waals surface area contributed by atoms with Crippen LogP contribution in [0.4, 0.5) is 20.2 Å². The molecule has 188 valence electrons. The lowest BCUT2D eigenvalue weighted by Crippen LogP contribution is -2.56. The molecule has 1 aliphatic carbocycles. The van der Waals surface area contributed by atoms with Crippen molar-refractivity contribution in [3.8, 4) is 11.4 Å². The number of carbonyl (C=O) groups excluding carboxylic acids is 1. The highest BCUT2D eigenvalue weighted by molar-refractivity contribution is 6.06. The number of benzene rings is 1. The van der Waals surface area contributed by atoms with E-state index in [-0.39, 0.29) is 35.2 Å². The molecule has 2 aliphatic rings. The Morgan fingerprint density at radius 3 is 2.64 bits per heavy atom. The highest BCUT2D eigenvalue weighted by atomic mass is 19.1. The molecule has 2 aromatic heterocycles. The molecular formula is C25H25F2N5O4. The molecule has 0 radical (unpaired) electrons. The van der Waals surface area contributed by atoms with Crippen LogP contribution in [0.25, 0.3) is 11.4 Å². The number of aliphatic hydroxyl groups excluding tert-OH is 1. The number of ether oxygens (including phenoxy) is 1. The van der Waals surface area contributed by atoms with Crippen molar-refractivity contribution in [1.29, 1.82) is 0 Å². The third-order valence-corrected chi connectivity index (χ3v) is 6.72. The first-order valence-electron chi connectivity index (χ1n) is 11.5. The number of anilines is 2. The van der Waals surface area contributed by atoms with Gasteiger partial charge in [0.15, 0.2) is 11.5 Å². The molecule has 9 nitrogen and oxygen atoms in total. The molecule has 2 fully saturated rings. The molecule has 3 aromatic rings. The number of nitrogens with two attached hydrogens (primary N) is 1. The Balaban J connectivity index is 1.43. The molecule has 5 rings (SSSR count). The van der Waals surface area contributed by atoms with Crippen LogP contribution in [0.2, 0.25) is 0 Å². The van der Waals surface area contributed by atoms with E-state index in [0.717, 1.165) is 31.2 Å². The van der Waals surface area contributed by atoms with Crippen molar-refractivity contribution in [2.24, 2.45) is 5.92 Å². The fraction of sp³-hybridized carbons (Fsp3) is 0.360. The largest absolute Gasteiger partial charge is 0.396 e. The molecule has 3 heterocycles. The number of rotatable bonds is 5. The summed E-state index contributed by atoms with van der Waals surface area (Å²) in [5.41, 5.74) is 4.51. The van der Waals surface area contributed by atoms with Crippen LogP contribution < -0.4 is 11.1 Å². The monoisotopic (exact) mass is 497 g/mol. The molecule has 4 atom stereocenters. The van der Waals surface area contributed by atoms with E-state index in [2.05, 4.69) is 20.3 Å². The lowest BCUT2D eigenvalue weighted by atomic mass is 9.82. The van der Waals surface area contributed by atoms with Crippen molar-refractivity contribution in [1.82, 2.24) is 15.0 Å². The summed E-state index contributed by atoms with van der Waals surface area (Å²) in [5, 5.41) is 24.1. The van der Waals surface area contributed by atoms with Gasteiger partial charge in [-0.2, -0.15) is 0 Å². The van der Waals surface area contributed by atoms with Crippen LogP contribution in [0.3, 0.4) is 0 Å². The smallest absolute Gasteiger partial charge is 0.276 e. The number of aromatic nitrogens is 3. The van der Waals surface area contributed by atoms with E-state index < -0.39 is 47.0 Å². The lowest BCUT2D eigenvalue weighted by Gasteiger charge is -2.45. The van der Waals surface area contributed by atoms with Gasteiger partial charge in [-0.3, -0.25) is 9.78 Å². The number of nitrogen functional groups attached to an aromatic ring is 1. The highest BCUT2D eigenvalue weighted by Crippen LogP contribution is 2.48. The summed E-state index contributed by atoms with van der Waals surface area (Å²) in [5.74, 6) is -2.69. The summed E-state index contributed by atoms with van der Waals surface area (Å²) in [4.78, 5) is 25.1. The second-order valence-electron chi connectivity index (χ2n) is 9.37. The van der Waals surface area contributed by atoms with E-state index in [1.807, 2.05) is 0 Å². The predicted octanol–water partition coefficient (Wildman–Crippen LogP) is 3.00. The topological polar surface area (TPSA) is 143 Å². The minimum atomic E-state index is -1.39. The van der Waals surface area contributed by atoms with Gasteiger partial charge < -0.3 is 26.0 Å². The van der Waals surface area contributed by atoms with Gasteiger partial charge >= 0.3 is 0 Å². The third kappa shape index (κ3) is 4.41. The lowest BCUT2D eigenvalue weighted by molar-refractivity contribution is -0.227. The number of halogens is 2. The summed E-state index contributed by atoms with van der Waals surface area (Å²) in [6, 6.07) is 4.98. The normalized spacial score (nSPS) is 26.0. The van der Waals surface area contributed by atoms with E-state index in [1.165, 1.54) is 18.5 Å². The van der Waals surface area contributed by atoms with Gasteiger partial charge in [0.1, 0.15) is 17.2 Å². The molecule has 5 N–H and O–H groups in total. The van der Waals surface area contributed by atoms with Crippen molar-refractivity contribution in [3.63, 3.8) is 0 Å². The summed E-state index contributed by atoms with van der Waals surface area (Å²) in [6.07, 6.45) is 3.75. The third-order valence-electron chi connectivity index (χ3n) is 6.72. The van der Waals surface area contributed by atoms with Crippen LogP contribution in [-0.2, 0) is 4.74 Å². The SMILES string of the molecule is C[C@]1(O)[C@H](O)C[C@H](c2ccncc2NC(=O)c2nc(-c3c(F)cccc3F)ncc2N)O[C@@H]1C1CC1. The van der Waals surface area contributed by atoms with Gasteiger partial charge in [-0.25, -0.2) is 18.7 Å². The fourth-order valence-electron chi connectivity index (χ4n) is 4.57. The van der Waals surface area contributed by atoms with Gasteiger partial charge in [-0.15, -0.1) is 0 Å². The van der Waals surface area contributed by atoms with Crippen LogP contribution in [0.15, 0.2) is 42.9 Å². The number of hydrogen-bond donors (Lipinski definition) is 4. The Bertz CT molecular complexity index is 1300. The van der Waals surface area contributed by atoms with Crippen LogP contribution >= 0.6 is 0 Å². The first-order valence-corrected chi connectivity index (χ1v) is 11.5. The first kappa shape index (κ1) is 24.2. The van der Waals surface area contributed by atoms with Gasteiger partial charge in [0, 0.05) is 18.2 Å². The Kier molecular flexibility index (Phi) is 6.15. The summed E-state index contributed by atoms with van der Waals surface area (Å²) >= 11 is 0. The van der Waals surface area contributed by atoms with E-state index >= 15 is 0 Å². The van der Waals surface area contributed by atoms with Gasteiger partial charge in [-0.05, 0) is 43.9 Å². The highest BCUT2D eigenvalue weighted by Gasteiger charge is 2.52. The van der Waals surface area contributed by atoms with E-state index in [0.29, 0.717) is 5.56 Å². The summed E-state index contributed by atoms with van der Waals surface area (Å²) in [6.45, 7) is 1.57. The standard InChI is InChI=1S/C25H25F2N5O4/c1-25(35)19(33)9-18(36-22(25)12-5-6-12)13-7-8-29-11-17(13)31-24(34)21-16(28)10-30-23(32-21)20-14(26)3-2-4-15(20)27/h2-4,7-8,10-12,18-19,22,33,35H,5-6,9,28H2,1H3,(H,31,34)/t18-,19-,22-,25+/m1/s1. The first-order chi connectivity index (χ1) is 17.2. The zero-order valence-corrected chi connectivity index (χ0v) is 19.4. The quantitative estimate of drug-likeness (QED) is 0.421. The van der Waals surface area contributed by atoms with Crippen molar-refractivity contribution in [3.05, 3.63) is 65.7 Å². The Labute approximate surface area is 205 Å². The molecule has 0 unspecified atom stereocenters. The summed E-state index contributed by atoms with van der Waals surface area (Å²) in [7, 11) is 0. The number of nitrogens with one attached hydrogen (secondary N) is 1. The zero-order valence-electron chi connectivity index (χ0n) is 19.4. The molecule has 0 spiro atoms. The molecule has 36 heavy (non-hydrogen) atoms. The second-order valence-corrected chi connectivity index (χ2v) is 9.37. The molecule has 1 saturated heterocycles. The molecular weight excluding hydrogens is 472 g/mol. The van der Waals surface area contributed by atoms with Gasteiger partial charge in [0.25, 0.3) is 5.91 Å². The van der Waals surface area contributed by atoms with Crippen molar-refractivity contribution in [2.75, 3.05) is 11.1 Å². The minimum absolute atomic E-state index is 0.0902. The van der Waals surface area contributed by atoms with E-state index in [9.17, 15) is 23.8 Å². The average Bonchev–Trinajstić information content (AvgIpc) is 3.67. The van der Waals surface area contributed by atoms with Crippen LogP contribution in [0.5, 0.6) is 0 Å². The number of aliphatic hydroxyl groups is 2. The Morgan fingerprint density at radius 1 is 1.22 bits per heavy atom. The minimum Gasteiger partial charge on any atom is -0.396 e. The van der Waals surface area contributed by atoms with Crippen LogP contribution in [0.1, 0.15) is 48.3 Å². The second kappa shape index (κ2) is 9.16. The van der Waals surface area contributed by atoms with Crippen molar-refractivity contribution >= 4 is 17.3 Å². The maximum Gasteiger partial charge on any atom is 0.276 e. The maximum absolute atomic E-state index is 14.2. The van der Waals surface area contributed by atoms with E-state index in [4.69, 9.17) is 10.5 Å². The predicted molar refractivity (Wildman–Crippen MR) is 126 cm³/mol. The molecule has 1 amide bonds. The average molecular weight is 498 g/mol. The van der Waals surface area contributed by atoms with Crippen molar-refractivity contribution < 1.29 is 28.5 Å². The van der Waals surface area contributed by atoms with Gasteiger partial charge in [-0.1, -0.05) is 6.07 Å². The Hall–Kier alpha value is -3.54. The zero-order chi connectivity index (χ0) is 25.6. The molecule has 11 heteroatoms. The number of hydrogen-bond acceptors (Lipinski definition) is 8. The maximum atomic E-state index is 14.2. The number of pyridine rings is 1. The number of amides is 1. The van der Waals surface area contributed by atoms with Crippen molar-refractivity contribution in [2.45, 2.75) is 50.1 Å². The molecule has 0 bridgehead atoms. The number of carbonyl (C=O) groups is 1. The van der Waals surface area contributed by atoms with Gasteiger partial charge in [0.05, 0.1) is 47.6 Å². The fourth-order valence-corrected chi connectivity index (χ4v) is 4.57. The van der Waals surface area contributed by atoms with Crippen LogP contribution in [0, 0.1) is 17.6 Å². The number of nitrogens with zero attached hydrogens (tertiary/aromatic N) is 3. The summed E-state index contributed by atoms with van der Waals surface area (Å²) < 4.78 is 34.7. The molecule has 1 aromatic carbocycles. The van der Waals surface area contributed by atoms with E-state index in [1.54, 1.807) is 13.0 Å². The van der Waals surface area contributed by atoms with Gasteiger partial charge in [0.2, 0.25) is 0 Å². The molecule has 1 saturated carbocycles. The van der Waals surface area contributed by atoms with Crippen LogP contribution in [-0.4, -0.2) is 48.9 Å². The Morgan fingerprint density at radius 2 is 1.94 bits per heavy atom. The molecule has 1 aliphatic heterocycles.